The minimum absolute atomic E-state index is 0.0157. The van der Waals surface area contributed by atoms with Gasteiger partial charge in [0.25, 0.3) is 10.0 Å². The minimum atomic E-state index is -4.76. The lowest BCUT2D eigenvalue weighted by molar-refractivity contribution is -0.144. The summed E-state index contributed by atoms with van der Waals surface area (Å²) in [5, 5.41) is 2.51. The second-order valence-electron chi connectivity index (χ2n) is 10.5. The molecule has 1 unspecified atom stereocenters. The summed E-state index contributed by atoms with van der Waals surface area (Å²) in [5.74, 6) is -0.200. The fourth-order valence-electron chi connectivity index (χ4n) is 4.22. The first-order valence-electron chi connectivity index (χ1n) is 12.4. The van der Waals surface area contributed by atoms with Crippen LogP contribution in [-0.2, 0) is 30.5 Å². The Kier molecular flexibility index (Phi) is 7.96. The van der Waals surface area contributed by atoms with Gasteiger partial charge in [0, 0.05) is 25.9 Å². The average molecular weight is 586 g/mol. The molecule has 40 heavy (non-hydrogen) atoms. The zero-order valence-corrected chi connectivity index (χ0v) is 23.1. The van der Waals surface area contributed by atoms with Crippen molar-refractivity contribution in [1.29, 1.82) is 0 Å². The SMILES string of the molecule is COC1CN(C(=O)CC2CN(S(=O)(=O)c3cccc(C(F)(F)F)c3)c3cc(NC(=O)OC(C)(C)C)ccc3O2)C1. The standard InChI is InChI=1S/C26H30F3N3O7S/c1-25(2,3)39-24(34)30-17-8-9-22-21(11-17)32(15-18(38-22)12-23(33)31-13-19(14-31)37-4)40(35,36)20-7-5-6-16(10-20)26(27,28)29/h5-11,18-19H,12-15H2,1-4H3,(H,30,34). The van der Waals surface area contributed by atoms with Gasteiger partial charge in [0.2, 0.25) is 5.91 Å². The Bertz CT molecular complexity index is 1390. The van der Waals surface area contributed by atoms with Crippen LogP contribution in [0.2, 0.25) is 0 Å². The third kappa shape index (κ3) is 6.61. The molecule has 14 heteroatoms. The molecule has 2 aliphatic heterocycles. The van der Waals surface area contributed by atoms with Crippen molar-refractivity contribution in [2.24, 2.45) is 0 Å². The Morgan fingerprint density at radius 3 is 2.40 bits per heavy atom. The lowest BCUT2D eigenvalue weighted by Gasteiger charge is -2.40. The van der Waals surface area contributed by atoms with E-state index in [2.05, 4.69) is 5.32 Å². The van der Waals surface area contributed by atoms with E-state index >= 15 is 0 Å². The maximum absolute atomic E-state index is 13.7. The number of nitrogens with one attached hydrogen (secondary N) is 1. The number of halogens is 3. The molecule has 2 aromatic rings. The molecule has 0 spiro atoms. The van der Waals surface area contributed by atoms with E-state index in [1.54, 1.807) is 25.7 Å². The van der Waals surface area contributed by atoms with E-state index in [0.717, 1.165) is 22.5 Å². The van der Waals surface area contributed by atoms with E-state index in [9.17, 15) is 31.2 Å². The van der Waals surface area contributed by atoms with Crippen LogP contribution in [0, 0.1) is 0 Å². The second kappa shape index (κ2) is 10.8. The summed E-state index contributed by atoms with van der Waals surface area (Å²) in [6.07, 6.45) is -6.71. The number of sulfonamides is 1. The molecule has 2 amide bonds. The lowest BCUT2D eigenvalue weighted by Crippen LogP contribution is -2.55. The molecule has 2 heterocycles. The summed E-state index contributed by atoms with van der Waals surface area (Å²) in [5.41, 5.74) is -1.76. The highest BCUT2D eigenvalue weighted by Crippen LogP contribution is 2.40. The van der Waals surface area contributed by atoms with Crippen molar-refractivity contribution in [3.63, 3.8) is 0 Å². The Labute approximate surface area is 230 Å². The molecule has 0 bridgehead atoms. The van der Waals surface area contributed by atoms with Crippen molar-refractivity contribution in [3.05, 3.63) is 48.0 Å². The predicted octanol–water partition coefficient (Wildman–Crippen LogP) is 4.26. The number of amides is 2. The molecule has 10 nitrogen and oxygen atoms in total. The van der Waals surface area contributed by atoms with E-state index in [1.165, 1.54) is 25.3 Å². The van der Waals surface area contributed by atoms with Crippen molar-refractivity contribution < 1.29 is 45.4 Å². The van der Waals surface area contributed by atoms with Gasteiger partial charge < -0.3 is 19.1 Å². The first-order valence-corrected chi connectivity index (χ1v) is 13.8. The minimum Gasteiger partial charge on any atom is -0.486 e. The van der Waals surface area contributed by atoms with Gasteiger partial charge in [0.15, 0.2) is 0 Å². The molecule has 0 saturated carbocycles. The van der Waals surface area contributed by atoms with Gasteiger partial charge in [-0.15, -0.1) is 0 Å². The first-order chi connectivity index (χ1) is 18.6. The molecule has 1 N–H and O–H groups in total. The monoisotopic (exact) mass is 585 g/mol. The van der Waals surface area contributed by atoms with Crippen LogP contribution in [-0.4, -0.2) is 69.9 Å². The van der Waals surface area contributed by atoms with Gasteiger partial charge >= 0.3 is 12.3 Å². The summed E-state index contributed by atoms with van der Waals surface area (Å²) in [6, 6.07) is 7.59. The Morgan fingerprint density at radius 2 is 1.77 bits per heavy atom. The number of methoxy groups -OCH3 is 1. The van der Waals surface area contributed by atoms with Crippen molar-refractivity contribution in [1.82, 2.24) is 4.90 Å². The molecule has 0 aromatic heterocycles. The quantitative estimate of drug-likeness (QED) is 0.539. The molecular formula is C26H30F3N3O7S. The van der Waals surface area contributed by atoms with Gasteiger partial charge in [-0.05, 0) is 57.2 Å². The fourth-order valence-corrected chi connectivity index (χ4v) is 5.76. The highest BCUT2D eigenvalue weighted by atomic mass is 32.2. The van der Waals surface area contributed by atoms with Gasteiger partial charge in [-0.1, -0.05) is 6.07 Å². The van der Waals surface area contributed by atoms with Crippen molar-refractivity contribution >= 4 is 33.4 Å². The number of carbonyl (C=O) groups excluding carboxylic acids is 2. The van der Waals surface area contributed by atoms with Crippen LogP contribution < -0.4 is 14.4 Å². The van der Waals surface area contributed by atoms with Gasteiger partial charge in [-0.3, -0.25) is 14.4 Å². The van der Waals surface area contributed by atoms with E-state index in [0.29, 0.717) is 19.2 Å². The number of nitrogens with zero attached hydrogens (tertiary/aromatic N) is 2. The zero-order valence-electron chi connectivity index (χ0n) is 22.3. The first kappa shape index (κ1) is 29.5. The summed E-state index contributed by atoms with van der Waals surface area (Å²) >= 11 is 0. The molecule has 1 atom stereocenters. The van der Waals surface area contributed by atoms with Crippen LogP contribution in [0.1, 0.15) is 32.8 Å². The van der Waals surface area contributed by atoms with E-state index in [1.807, 2.05) is 0 Å². The van der Waals surface area contributed by atoms with E-state index < -0.39 is 44.5 Å². The third-order valence-electron chi connectivity index (χ3n) is 6.22. The van der Waals surface area contributed by atoms with Crippen molar-refractivity contribution in [2.45, 2.75) is 56.1 Å². The summed E-state index contributed by atoms with van der Waals surface area (Å²) in [4.78, 5) is 26.0. The predicted molar refractivity (Wildman–Crippen MR) is 139 cm³/mol. The highest BCUT2D eigenvalue weighted by Gasteiger charge is 2.39. The smallest absolute Gasteiger partial charge is 0.416 e. The van der Waals surface area contributed by atoms with Crippen LogP contribution in [0.15, 0.2) is 47.4 Å². The molecule has 2 aromatic carbocycles. The maximum Gasteiger partial charge on any atom is 0.416 e. The van der Waals surface area contributed by atoms with E-state index in [-0.39, 0.29) is 42.1 Å². The molecular weight excluding hydrogens is 555 g/mol. The van der Waals surface area contributed by atoms with Crippen molar-refractivity contribution in [3.8, 4) is 5.75 Å². The molecule has 1 saturated heterocycles. The topological polar surface area (TPSA) is 114 Å². The molecule has 0 aliphatic carbocycles. The zero-order chi connectivity index (χ0) is 29.5. The maximum atomic E-state index is 13.7. The number of rotatable bonds is 6. The number of hydrogen-bond donors (Lipinski definition) is 1. The van der Waals surface area contributed by atoms with Crippen LogP contribution in [0.4, 0.5) is 29.3 Å². The van der Waals surface area contributed by atoms with Crippen LogP contribution in [0.25, 0.3) is 0 Å². The number of anilines is 2. The van der Waals surface area contributed by atoms with Crippen LogP contribution in [0.3, 0.4) is 0 Å². The molecule has 4 rings (SSSR count). The summed E-state index contributed by atoms with van der Waals surface area (Å²) in [6.45, 7) is 5.46. The lowest BCUT2D eigenvalue weighted by atomic mass is 10.1. The van der Waals surface area contributed by atoms with E-state index in [4.69, 9.17) is 14.2 Å². The number of ether oxygens (including phenoxy) is 3. The highest BCUT2D eigenvalue weighted by molar-refractivity contribution is 7.92. The van der Waals surface area contributed by atoms with Gasteiger partial charge in [-0.2, -0.15) is 13.2 Å². The molecule has 1 fully saturated rings. The Morgan fingerprint density at radius 1 is 1.07 bits per heavy atom. The number of alkyl halides is 3. The third-order valence-corrected chi connectivity index (χ3v) is 8.00. The number of carbonyl (C=O) groups is 2. The Hall–Kier alpha value is -3.52. The average Bonchev–Trinajstić information content (AvgIpc) is 2.81. The normalized spacial score (nSPS) is 17.9. The Balaban J connectivity index is 1.67. The number of likely N-dealkylation sites (tertiary alicyclic amines) is 1. The number of benzene rings is 2. The molecule has 0 radical (unpaired) electrons. The number of hydrogen-bond acceptors (Lipinski definition) is 7. The number of fused-ring (bicyclic) bond motifs is 1. The van der Waals surface area contributed by atoms with Gasteiger partial charge in [-0.25, -0.2) is 13.2 Å². The van der Waals surface area contributed by atoms with Gasteiger partial charge in [0.05, 0.1) is 35.2 Å². The summed E-state index contributed by atoms with van der Waals surface area (Å²) < 4.78 is 84.9. The van der Waals surface area contributed by atoms with Gasteiger partial charge in [0.1, 0.15) is 17.5 Å². The summed E-state index contributed by atoms with van der Waals surface area (Å²) in [7, 11) is -3.02. The molecule has 2 aliphatic rings. The fraction of sp³-hybridized carbons (Fsp3) is 0.462. The van der Waals surface area contributed by atoms with Crippen LogP contribution >= 0.6 is 0 Å². The second-order valence-corrected chi connectivity index (χ2v) is 12.3. The molecule has 218 valence electrons. The largest absolute Gasteiger partial charge is 0.486 e. The van der Waals surface area contributed by atoms with Crippen LogP contribution in [0.5, 0.6) is 5.75 Å². The van der Waals surface area contributed by atoms with Crippen molar-refractivity contribution in [2.75, 3.05) is 36.4 Å².